The number of carbonyl (C=O) groups is 2. The number of fused-ring (bicyclic) bond motifs is 2. The van der Waals surface area contributed by atoms with Crippen LogP contribution in [0.5, 0.6) is 17.2 Å². The van der Waals surface area contributed by atoms with Crippen molar-refractivity contribution in [3.05, 3.63) is 83.6 Å². The summed E-state index contributed by atoms with van der Waals surface area (Å²) in [5.41, 5.74) is 4.79. The van der Waals surface area contributed by atoms with Crippen LogP contribution < -0.4 is 41.0 Å². The molecule has 3 unspecified atom stereocenters. The third-order valence-corrected chi connectivity index (χ3v) is 16.7. The van der Waals surface area contributed by atoms with Gasteiger partial charge in [-0.3, -0.25) is 25.1 Å². The van der Waals surface area contributed by atoms with Crippen molar-refractivity contribution in [3.63, 3.8) is 0 Å². The number of aryl methyl sites for hydroxylation is 1. The van der Waals surface area contributed by atoms with Crippen LogP contribution in [0.25, 0.3) is 5.57 Å². The number of likely N-dealkylation sites (tertiary alicyclic amines) is 1. The van der Waals surface area contributed by atoms with Crippen LogP contribution in [0.2, 0.25) is 0 Å². The summed E-state index contributed by atoms with van der Waals surface area (Å²) in [6, 6.07) is 20.3. The Morgan fingerprint density at radius 3 is 2.24 bits per heavy atom. The van der Waals surface area contributed by atoms with E-state index in [2.05, 4.69) is 107 Å². The molecule has 10 rings (SSSR count). The Kier molecular flexibility index (Phi) is 11.5. The zero-order valence-electron chi connectivity index (χ0n) is 40.4. The molecule has 0 spiro atoms. The van der Waals surface area contributed by atoms with Crippen LogP contribution in [-0.2, 0) is 15.2 Å². The standard InChI is InChI=1S/C53H72N8O5/c1-30-20-36(15-16-43(30)54-8)66-49-51(2,3)48(52(49,4)5)58-46(62)32-23-56-50(57-24-32)61-28-41-38(42(41)29-61)21-31-25-60(26-31)34-11-13-35(14-12-34)65-44-17-10-33(53(6,7)64)22-39(44)40-27-59(9)47(63)45-37(40)18-19-55-45/h10-17,20,22,27,31-32,37-38,41-42,45,48-50,54-57,64H,18-19,21,23-26,28-29H2,1-9H3,(H,58,62)/t32?,37?,38?,41-,42+,45?,48?,49?,50?. The van der Waals surface area contributed by atoms with Gasteiger partial charge in [-0.15, -0.1) is 0 Å². The Labute approximate surface area is 391 Å². The van der Waals surface area contributed by atoms with E-state index < -0.39 is 5.60 Å². The minimum atomic E-state index is -1.02. The maximum absolute atomic E-state index is 13.7. The number of ether oxygens (including phenoxy) is 2. The summed E-state index contributed by atoms with van der Waals surface area (Å²) in [5.74, 6) is 5.55. The van der Waals surface area contributed by atoms with Gasteiger partial charge in [0.15, 0.2) is 0 Å². The van der Waals surface area contributed by atoms with Crippen molar-refractivity contribution in [1.29, 1.82) is 0 Å². The SMILES string of the molecule is CNc1ccc(OC2C(C)(C)C(NC(=O)C3CNC(N4C[C@@H]5C(CC6CN(c7ccc(Oc8ccc(C(C)(C)O)cc8C8=CN(C)C(=O)C9NCCC89)cc7)C6)[C@@H]5C4)NC3)C2(C)C)cc1C. The highest BCUT2D eigenvalue weighted by atomic mass is 16.5. The van der Waals surface area contributed by atoms with Gasteiger partial charge in [-0.1, -0.05) is 33.8 Å². The summed E-state index contributed by atoms with van der Waals surface area (Å²) in [7, 11) is 3.74. The molecule has 0 bridgehead atoms. The van der Waals surface area contributed by atoms with E-state index in [0.717, 1.165) is 108 Å². The first kappa shape index (κ1) is 45.1. The molecule has 2 amide bonds. The van der Waals surface area contributed by atoms with Crippen molar-refractivity contribution in [3.8, 4) is 17.2 Å². The number of anilines is 2. The maximum atomic E-state index is 13.7. The maximum Gasteiger partial charge on any atom is 0.244 e. The van der Waals surface area contributed by atoms with E-state index in [1.54, 1.807) is 18.7 Å². The Bertz CT molecular complexity index is 2330. The van der Waals surface area contributed by atoms with Gasteiger partial charge in [-0.2, -0.15) is 0 Å². The second-order valence-corrected chi connectivity index (χ2v) is 22.4. The van der Waals surface area contributed by atoms with E-state index in [1.165, 1.54) is 12.1 Å². The van der Waals surface area contributed by atoms with Gasteiger partial charge in [0, 0.05) is 99.3 Å². The lowest BCUT2D eigenvalue weighted by atomic mass is 9.49. The number of benzene rings is 3. The molecule has 7 aliphatic rings. The van der Waals surface area contributed by atoms with Gasteiger partial charge < -0.3 is 40.3 Å². The molecule has 0 aromatic heterocycles. The van der Waals surface area contributed by atoms with E-state index >= 15 is 0 Å². The monoisotopic (exact) mass is 901 g/mol. The van der Waals surface area contributed by atoms with Crippen molar-refractivity contribution in [2.75, 3.05) is 70.1 Å². The fourth-order valence-electron chi connectivity index (χ4n) is 13.1. The molecule has 5 aliphatic heterocycles. The zero-order valence-corrected chi connectivity index (χ0v) is 40.4. The second-order valence-electron chi connectivity index (χ2n) is 22.4. The van der Waals surface area contributed by atoms with Gasteiger partial charge in [0.05, 0.1) is 17.6 Å². The summed E-state index contributed by atoms with van der Waals surface area (Å²) >= 11 is 0. The largest absolute Gasteiger partial charge is 0.489 e. The first-order valence-corrected chi connectivity index (χ1v) is 24.5. The van der Waals surface area contributed by atoms with Crippen LogP contribution in [0.15, 0.2) is 66.9 Å². The highest BCUT2D eigenvalue weighted by Crippen LogP contribution is 2.57. The van der Waals surface area contributed by atoms with Gasteiger partial charge in [0.2, 0.25) is 11.8 Å². The number of hydrogen-bond donors (Lipinski definition) is 6. The number of hydrogen-bond acceptors (Lipinski definition) is 11. The third kappa shape index (κ3) is 8.16. The minimum absolute atomic E-state index is 0.00906. The van der Waals surface area contributed by atoms with E-state index in [4.69, 9.17) is 9.47 Å². The molecule has 6 fully saturated rings. The van der Waals surface area contributed by atoms with Crippen LogP contribution in [0.1, 0.15) is 71.1 Å². The molecule has 13 heteroatoms. The summed E-state index contributed by atoms with van der Waals surface area (Å²) in [4.78, 5) is 33.3. The number of amides is 2. The smallest absolute Gasteiger partial charge is 0.244 e. The van der Waals surface area contributed by atoms with Crippen molar-refractivity contribution < 1.29 is 24.2 Å². The molecule has 5 heterocycles. The summed E-state index contributed by atoms with van der Waals surface area (Å²) in [5, 5.41) is 28.3. The van der Waals surface area contributed by atoms with Gasteiger partial charge in [0.1, 0.15) is 29.6 Å². The van der Waals surface area contributed by atoms with Crippen LogP contribution >= 0.6 is 0 Å². The van der Waals surface area contributed by atoms with E-state index in [0.29, 0.717) is 13.1 Å². The van der Waals surface area contributed by atoms with Crippen molar-refractivity contribution >= 4 is 28.8 Å². The van der Waals surface area contributed by atoms with E-state index in [9.17, 15) is 14.7 Å². The number of rotatable bonds is 13. The van der Waals surface area contributed by atoms with Crippen LogP contribution in [-0.4, -0.2) is 111 Å². The van der Waals surface area contributed by atoms with E-state index in [-0.39, 0.29) is 59.0 Å². The molecule has 3 aromatic carbocycles. The first-order chi connectivity index (χ1) is 31.4. The molecular formula is C53H72N8O5. The number of nitrogens with zero attached hydrogens (tertiary/aromatic N) is 3. The average molecular weight is 901 g/mol. The fourth-order valence-corrected chi connectivity index (χ4v) is 13.1. The lowest BCUT2D eigenvalue weighted by Gasteiger charge is -2.63. The number of piperidine rings is 1. The molecule has 0 radical (unpaired) electrons. The molecule has 3 aromatic rings. The van der Waals surface area contributed by atoms with Gasteiger partial charge >= 0.3 is 0 Å². The van der Waals surface area contributed by atoms with Crippen LogP contribution in [0.4, 0.5) is 11.4 Å². The number of carbonyl (C=O) groups excluding carboxylic acids is 2. The van der Waals surface area contributed by atoms with Crippen molar-refractivity contribution in [1.82, 2.24) is 31.1 Å². The molecule has 6 N–H and O–H groups in total. The Morgan fingerprint density at radius 2 is 1.59 bits per heavy atom. The highest BCUT2D eigenvalue weighted by molar-refractivity contribution is 5.91. The van der Waals surface area contributed by atoms with Crippen molar-refractivity contribution in [2.24, 2.45) is 46.3 Å². The van der Waals surface area contributed by atoms with Gasteiger partial charge in [-0.25, -0.2) is 0 Å². The average Bonchev–Trinajstić information content (AvgIpc) is 3.58. The molecule has 2 aliphatic carbocycles. The van der Waals surface area contributed by atoms with Crippen molar-refractivity contribution in [2.45, 2.75) is 91.4 Å². The molecule has 2 saturated carbocycles. The second kappa shape index (κ2) is 16.8. The quantitative estimate of drug-likeness (QED) is 0.121. The summed E-state index contributed by atoms with van der Waals surface area (Å²) in [6.07, 6.45) is 4.21. The Balaban J connectivity index is 0.666. The van der Waals surface area contributed by atoms with Gasteiger partial charge in [-0.05, 0) is 135 Å². The molecule has 5 atom stereocenters. The van der Waals surface area contributed by atoms with E-state index in [1.807, 2.05) is 44.6 Å². The predicted molar refractivity (Wildman–Crippen MR) is 259 cm³/mol. The fraction of sp³-hybridized carbons (Fsp3) is 0.585. The molecular weight excluding hydrogens is 829 g/mol. The first-order valence-electron chi connectivity index (χ1n) is 24.5. The molecule has 4 saturated heterocycles. The topological polar surface area (TPSA) is 143 Å². The Morgan fingerprint density at radius 1 is 0.909 bits per heavy atom. The predicted octanol–water partition coefficient (Wildman–Crippen LogP) is 5.94. The third-order valence-electron chi connectivity index (χ3n) is 16.7. The van der Waals surface area contributed by atoms with Crippen LogP contribution in [0, 0.1) is 53.3 Å². The molecule has 66 heavy (non-hydrogen) atoms. The Hall–Kier alpha value is -4.66. The number of nitrogens with one attached hydrogen (secondary N) is 5. The lowest BCUT2D eigenvalue weighted by molar-refractivity contribution is -0.174. The summed E-state index contributed by atoms with van der Waals surface area (Å²) < 4.78 is 13.2. The summed E-state index contributed by atoms with van der Waals surface area (Å²) in [6.45, 7) is 21.0. The lowest BCUT2D eigenvalue weighted by Crippen LogP contribution is -2.75. The number of likely N-dealkylation sites (N-methyl/N-ethyl adjacent to an activating group) is 1. The normalized spacial score (nSPS) is 31.3. The number of aliphatic hydroxyl groups is 1. The van der Waals surface area contributed by atoms with Gasteiger partial charge in [0.25, 0.3) is 0 Å². The molecule has 13 nitrogen and oxygen atoms in total. The molecule has 354 valence electrons. The zero-order chi connectivity index (χ0) is 46.4. The highest BCUT2D eigenvalue weighted by Gasteiger charge is 2.64. The van der Waals surface area contributed by atoms with Crippen LogP contribution in [0.3, 0.4) is 0 Å². The minimum Gasteiger partial charge on any atom is -0.489 e.